The first-order valence-electron chi connectivity index (χ1n) is 5.72. The monoisotopic (exact) mass is 248 g/mol. The van der Waals surface area contributed by atoms with Gasteiger partial charge in [0.1, 0.15) is 5.82 Å². The molecule has 0 saturated heterocycles. The van der Waals surface area contributed by atoms with E-state index in [1.54, 1.807) is 0 Å². The minimum Gasteiger partial charge on any atom is -0.207 e. The Morgan fingerprint density at radius 2 is 1.82 bits per heavy atom. The van der Waals surface area contributed by atoms with Gasteiger partial charge in [-0.2, -0.15) is 13.2 Å². The summed E-state index contributed by atoms with van der Waals surface area (Å²) < 4.78 is 50.6. The van der Waals surface area contributed by atoms with E-state index in [-0.39, 0.29) is 5.92 Å². The van der Waals surface area contributed by atoms with E-state index in [0.29, 0.717) is 11.6 Å². The van der Waals surface area contributed by atoms with Crippen LogP contribution in [0, 0.1) is 5.82 Å². The molecule has 0 aliphatic carbocycles. The molecular formula is C13H16F4. The maximum atomic E-state index is 13.1. The van der Waals surface area contributed by atoms with Gasteiger partial charge < -0.3 is 0 Å². The van der Waals surface area contributed by atoms with Crippen molar-refractivity contribution in [1.82, 2.24) is 0 Å². The summed E-state index contributed by atoms with van der Waals surface area (Å²) in [5, 5.41) is 0. The largest absolute Gasteiger partial charge is 0.416 e. The molecule has 0 spiro atoms. The summed E-state index contributed by atoms with van der Waals surface area (Å²) in [5.41, 5.74) is -0.485. The van der Waals surface area contributed by atoms with Crippen LogP contribution in [0.2, 0.25) is 0 Å². The molecule has 0 fully saturated rings. The topological polar surface area (TPSA) is 0 Å². The summed E-state index contributed by atoms with van der Waals surface area (Å²) in [5.74, 6) is -0.870. The van der Waals surface area contributed by atoms with Gasteiger partial charge in [0, 0.05) is 0 Å². The molecule has 1 rings (SSSR count). The van der Waals surface area contributed by atoms with E-state index in [4.69, 9.17) is 0 Å². The second-order valence-corrected chi connectivity index (χ2v) is 4.31. The maximum absolute atomic E-state index is 13.1. The van der Waals surface area contributed by atoms with Gasteiger partial charge in [-0.1, -0.05) is 26.7 Å². The van der Waals surface area contributed by atoms with E-state index in [9.17, 15) is 17.6 Å². The van der Waals surface area contributed by atoms with E-state index in [0.717, 1.165) is 25.3 Å². The van der Waals surface area contributed by atoms with Gasteiger partial charge in [-0.05, 0) is 36.1 Å². The van der Waals surface area contributed by atoms with Crippen molar-refractivity contribution < 1.29 is 17.6 Å². The Morgan fingerprint density at radius 1 is 1.18 bits per heavy atom. The van der Waals surface area contributed by atoms with Crippen LogP contribution in [0.15, 0.2) is 18.2 Å². The Balaban J connectivity index is 2.97. The van der Waals surface area contributed by atoms with E-state index in [1.807, 2.05) is 13.8 Å². The molecule has 0 amide bonds. The fourth-order valence-electron chi connectivity index (χ4n) is 1.74. The van der Waals surface area contributed by atoms with Crippen LogP contribution in [0.25, 0.3) is 0 Å². The lowest BCUT2D eigenvalue weighted by molar-refractivity contribution is -0.137. The summed E-state index contributed by atoms with van der Waals surface area (Å²) in [4.78, 5) is 0. The summed E-state index contributed by atoms with van der Waals surface area (Å²) in [6, 6.07) is 2.77. The van der Waals surface area contributed by atoms with Gasteiger partial charge in [-0.25, -0.2) is 4.39 Å². The van der Waals surface area contributed by atoms with Crippen molar-refractivity contribution in [1.29, 1.82) is 0 Å². The Hall–Kier alpha value is -1.06. The third-order valence-electron chi connectivity index (χ3n) is 2.81. The standard InChI is InChI=1S/C13H16F4/c1-3-4-5-9(2)10-6-11(13(15,16)17)8-12(14)7-10/h6-9H,3-5H2,1-2H3. The first-order valence-corrected chi connectivity index (χ1v) is 5.72. The lowest BCUT2D eigenvalue weighted by Gasteiger charge is -2.14. The summed E-state index contributed by atoms with van der Waals surface area (Å²) in [7, 11) is 0. The average molecular weight is 248 g/mol. The zero-order valence-electron chi connectivity index (χ0n) is 9.94. The van der Waals surface area contributed by atoms with Crippen LogP contribution < -0.4 is 0 Å². The second-order valence-electron chi connectivity index (χ2n) is 4.31. The van der Waals surface area contributed by atoms with Gasteiger partial charge in [0.25, 0.3) is 0 Å². The van der Waals surface area contributed by atoms with E-state index >= 15 is 0 Å². The molecule has 0 heterocycles. The number of benzene rings is 1. The van der Waals surface area contributed by atoms with Gasteiger partial charge in [-0.3, -0.25) is 0 Å². The number of hydrogen-bond donors (Lipinski definition) is 0. The zero-order chi connectivity index (χ0) is 13.1. The van der Waals surface area contributed by atoms with Gasteiger partial charge in [0.15, 0.2) is 0 Å². The SMILES string of the molecule is CCCCC(C)c1cc(F)cc(C(F)(F)F)c1. The molecule has 0 radical (unpaired) electrons. The Labute approximate surface area is 98.6 Å². The van der Waals surface area contributed by atoms with Crippen LogP contribution in [0.4, 0.5) is 17.6 Å². The highest BCUT2D eigenvalue weighted by molar-refractivity contribution is 5.29. The molecule has 1 atom stereocenters. The third-order valence-corrected chi connectivity index (χ3v) is 2.81. The first-order chi connectivity index (χ1) is 7.84. The van der Waals surface area contributed by atoms with Crippen molar-refractivity contribution in [2.24, 2.45) is 0 Å². The van der Waals surface area contributed by atoms with Gasteiger partial charge in [-0.15, -0.1) is 0 Å². The predicted molar refractivity (Wildman–Crippen MR) is 59.3 cm³/mol. The second kappa shape index (κ2) is 5.52. The molecule has 1 unspecified atom stereocenters. The molecule has 1 aromatic carbocycles. The average Bonchev–Trinajstić information content (AvgIpc) is 2.23. The molecule has 0 bridgehead atoms. The van der Waals surface area contributed by atoms with Crippen molar-refractivity contribution >= 4 is 0 Å². The molecular weight excluding hydrogens is 232 g/mol. The predicted octanol–water partition coefficient (Wildman–Crippen LogP) is 5.14. The zero-order valence-corrected chi connectivity index (χ0v) is 9.94. The van der Waals surface area contributed by atoms with Crippen LogP contribution >= 0.6 is 0 Å². The van der Waals surface area contributed by atoms with Crippen molar-refractivity contribution in [3.8, 4) is 0 Å². The molecule has 0 aromatic heterocycles. The quantitative estimate of drug-likeness (QED) is 0.647. The molecule has 17 heavy (non-hydrogen) atoms. The molecule has 0 nitrogen and oxygen atoms in total. The summed E-state index contributed by atoms with van der Waals surface area (Å²) >= 11 is 0. The summed E-state index contributed by atoms with van der Waals surface area (Å²) in [6.07, 6.45) is -1.80. The first kappa shape index (κ1) is 14.0. The van der Waals surface area contributed by atoms with Gasteiger partial charge >= 0.3 is 6.18 Å². The minimum absolute atomic E-state index is 0.0493. The highest BCUT2D eigenvalue weighted by Gasteiger charge is 2.31. The molecule has 96 valence electrons. The Kier molecular flexibility index (Phi) is 4.54. The van der Waals surface area contributed by atoms with E-state index in [1.165, 1.54) is 6.07 Å². The number of halogens is 4. The maximum Gasteiger partial charge on any atom is 0.416 e. The fourth-order valence-corrected chi connectivity index (χ4v) is 1.74. The van der Waals surface area contributed by atoms with Gasteiger partial charge in [0.05, 0.1) is 5.56 Å². The molecule has 0 aliphatic heterocycles. The minimum atomic E-state index is -4.48. The van der Waals surface area contributed by atoms with E-state index in [2.05, 4.69) is 0 Å². The summed E-state index contributed by atoms with van der Waals surface area (Å²) in [6.45, 7) is 3.84. The van der Waals surface area contributed by atoms with Gasteiger partial charge in [0.2, 0.25) is 0 Å². The lowest BCUT2D eigenvalue weighted by atomic mass is 9.94. The van der Waals surface area contributed by atoms with Crippen molar-refractivity contribution in [2.45, 2.75) is 45.2 Å². The van der Waals surface area contributed by atoms with Crippen molar-refractivity contribution in [3.05, 3.63) is 35.1 Å². The molecule has 0 saturated carbocycles. The number of unbranched alkanes of at least 4 members (excludes halogenated alkanes) is 1. The van der Waals surface area contributed by atoms with Crippen molar-refractivity contribution in [2.75, 3.05) is 0 Å². The highest BCUT2D eigenvalue weighted by atomic mass is 19.4. The fraction of sp³-hybridized carbons (Fsp3) is 0.538. The number of rotatable bonds is 4. The number of alkyl halides is 3. The van der Waals surface area contributed by atoms with Crippen LogP contribution in [-0.2, 0) is 6.18 Å². The molecule has 0 aliphatic rings. The van der Waals surface area contributed by atoms with Crippen LogP contribution in [0.5, 0.6) is 0 Å². The van der Waals surface area contributed by atoms with Crippen molar-refractivity contribution in [3.63, 3.8) is 0 Å². The Morgan fingerprint density at radius 3 is 2.35 bits per heavy atom. The third kappa shape index (κ3) is 4.02. The molecule has 1 aromatic rings. The molecule has 0 N–H and O–H groups in total. The van der Waals surface area contributed by atoms with E-state index < -0.39 is 17.6 Å². The smallest absolute Gasteiger partial charge is 0.207 e. The van der Waals surface area contributed by atoms with Crippen LogP contribution in [-0.4, -0.2) is 0 Å². The number of hydrogen-bond acceptors (Lipinski definition) is 0. The van der Waals surface area contributed by atoms with Crippen LogP contribution in [0.1, 0.15) is 50.2 Å². The normalized spacial score (nSPS) is 13.8. The Bertz CT molecular complexity index is 368. The van der Waals surface area contributed by atoms with Crippen LogP contribution in [0.3, 0.4) is 0 Å². The highest BCUT2D eigenvalue weighted by Crippen LogP contribution is 2.33. The lowest BCUT2D eigenvalue weighted by Crippen LogP contribution is -2.07. The molecule has 4 heteroatoms.